The number of hydrogen-bond donors (Lipinski definition) is 1. The third-order valence-electron chi connectivity index (χ3n) is 4.16. The average Bonchev–Trinajstić information content (AvgIpc) is 3.33. The Labute approximate surface area is 128 Å². The lowest BCUT2D eigenvalue weighted by atomic mass is 10.0. The van der Waals surface area contributed by atoms with Gasteiger partial charge in [-0.2, -0.15) is 0 Å². The summed E-state index contributed by atoms with van der Waals surface area (Å²) in [6, 6.07) is 6.45. The number of likely N-dealkylation sites (N-methyl/N-ethyl adjacent to an activating group) is 1. The van der Waals surface area contributed by atoms with Gasteiger partial charge in [-0.05, 0) is 44.9 Å². The van der Waals surface area contributed by atoms with E-state index in [1.54, 1.807) is 7.11 Å². The number of ether oxygens (including phenoxy) is 2. The lowest BCUT2D eigenvalue weighted by molar-refractivity contribution is 0.131. The minimum absolute atomic E-state index is 0.242. The Morgan fingerprint density at radius 1 is 1.38 bits per heavy atom. The third-order valence-corrected chi connectivity index (χ3v) is 4.16. The zero-order chi connectivity index (χ0) is 15.2. The molecule has 1 saturated carbocycles. The molecule has 1 aliphatic carbocycles. The molecule has 0 saturated heterocycles. The van der Waals surface area contributed by atoms with E-state index in [0.717, 1.165) is 31.4 Å². The molecule has 0 aliphatic heterocycles. The molecule has 4 heteroatoms. The van der Waals surface area contributed by atoms with Gasteiger partial charge in [-0.15, -0.1) is 0 Å². The normalized spacial score (nSPS) is 15.8. The molecule has 21 heavy (non-hydrogen) atoms. The van der Waals surface area contributed by atoms with Crippen LogP contribution in [0.2, 0.25) is 0 Å². The molecule has 118 valence electrons. The second-order valence-electron chi connectivity index (χ2n) is 5.84. The molecular formula is C17H28N2O2. The lowest BCUT2D eigenvalue weighted by Gasteiger charge is -2.26. The van der Waals surface area contributed by atoms with E-state index in [-0.39, 0.29) is 6.04 Å². The van der Waals surface area contributed by atoms with Crippen LogP contribution in [-0.2, 0) is 4.74 Å². The first-order valence-corrected chi connectivity index (χ1v) is 7.80. The van der Waals surface area contributed by atoms with Crippen molar-refractivity contribution in [2.75, 3.05) is 45.9 Å². The maximum Gasteiger partial charge on any atom is 0.125 e. The summed E-state index contributed by atoms with van der Waals surface area (Å²) in [4.78, 5) is 2.25. The number of benzene rings is 1. The molecular weight excluding hydrogens is 264 g/mol. The van der Waals surface area contributed by atoms with Crippen molar-refractivity contribution in [2.45, 2.75) is 25.8 Å². The van der Waals surface area contributed by atoms with Crippen LogP contribution in [0.1, 0.15) is 31.4 Å². The highest BCUT2D eigenvalue weighted by atomic mass is 16.5. The molecule has 0 bridgehead atoms. The smallest absolute Gasteiger partial charge is 0.125 e. The largest absolute Gasteiger partial charge is 0.496 e. The van der Waals surface area contributed by atoms with Crippen molar-refractivity contribution in [3.8, 4) is 5.75 Å². The van der Waals surface area contributed by atoms with Crippen LogP contribution in [0.3, 0.4) is 0 Å². The first-order valence-electron chi connectivity index (χ1n) is 7.80. The molecule has 0 radical (unpaired) electrons. The van der Waals surface area contributed by atoms with E-state index in [1.165, 1.54) is 24.1 Å². The highest BCUT2D eigenvalue weighted by molar-refractivity contribution is 5.60. The zero-order valence-corrected chi connectivity index (χ0v) is 13.7. The van der Waals surface area contributed by atoms with Gasteiger partial charge >= 0.3 is 0 Å². The monoisotopic (exact) mass is 292 g/mol. The average molecular weight is 292 g/mol. The van der Waals surface area contributed by atoms with Gasteiger partial charge in [0.15, 0.2) is 0 Å². The summed E-state index contributed by atoms with van der Waals surface area (Å²) in [6.07, 6.45) is 2.69. The summed E-state index contributed by atoms with van der Waals surface area (Å²) < 4.78 is 11.3. The zero-order valence-electron chi connectivity index (χ0n) is 13.7. The Bertz CT molecular complexity index is 446. The van der Waals surface area contributed by atoms with Gasteiger partial charge in [-0.1, -0.05) is 6.07 Å². The lowest BCUT2D eigenvalue weighted by Crippen LogP contribution is -2.26. The Kier molecular flexibility index (Phi) is 5.88. The summed E-state index contributed by atoms with van der Waals surface area (Å²) >= 11 is 0. The number of hydrogen-bond acceptors (Lipinski definition) is 4. The van der Waals surface area contributed by atoms with Crippen LogP contribution in [0.4, 0.5) is 5.69 Å². The molecule has 0 spiro atoms. The fourth-order valence-corrected chi connectivity index (χ4v) is 2.48. The molecule has 1 atom stereocenters. The molecule has 1 aromatic rings. The van der Waals surface area contributed by atoms with Crippen LogP contribution < -0.4 is 15.0 Å². The van der Waals surface area contributed by atoms with E-state index in [2.05, 4.69) is 30.3 Å². The molecule has 2 rings (SSSR count). The minimum Gasteiger partial charge on any atom is -0.496 e. The van der Waals surface area contributed by atoms with Gasteiger partial charge in [-0.25, -0.2) is 0 Å². The summed E-state index contributed by atoms with van der Waals surface area (Å²) in [5, 5.41) is 3.30. The number of anilines is 1. The topological polar surface area (TPSA) is 33.7 Å². The van der Waals surface area contributed by atoms with Gasteiger partial charge in [0.2, 0.25) is 0 Å². The van der Waals surface area contributed by atoms with Gasteiger partial charge < -0.3 is 19.7 Å². The van der Waals surface area contributed by atoms with Crippen molar-refractivity contribution < 1.29 is 9.47 Å². The molecule has 1 aromatic carbocycles. The van der Waals surface area contributed by atoms with Crippen molar-refractivity contribution in [2.24, 2.45) is 5.92 Å². The predicted octanol–water partition coefficient (Wildman–Crippen LogP) is 2.84. The fraction of sp³-hybridized carbons (Fsp3) is 0.647. The Hall–Kier alpha value is -1.26. The predicted molar refractivity (Wildman–Crippen MR) is 87.3 cm³/mol. The number of nitrogens with zero attached hydrogens (tertiary/aromatic N) is 1. The van der Waals surface area contributed by atoms with E-state index < -0.39 is 0 Å². The van der Waals surface area contributed by atoms with Crippen molar-refractivity contribution >= 4 is 5.69 Å². The molecule has 0 heterocycles. The van der Waals surface area contributed by atoms with Crippen LogP contribution in [0.25, 0.3) is 0 Å². The van der Waals surface area contributed by atoms with E-state index in [1.807, 2.05) is 19.2 Å². The van der Waals surface area contributed by atoms with Crippen molar-refractivity contribution in [1.82, 2.24) is 5.32 Å². The van der Waals surface area contributed by atoms with Crippen LogP contribution in [0.5, 0.6) is 5.75 Å². The highest BCUT2D eigenvalue weighted by Crippen LogP contribution is 2.34. The second-order valence-corrected chi connectivity index (χ2v) is 5.84. The Balaban J connectivity index is 2.01. The second kappa shape index (κ2) is 7.66. The van der Waals surface area contributed by atoms with Gasteiger partial charge in [0.1, 0.15) is 5.75 Å². The van der Waals surface area contributed by atoms with Gasteiger partial charge in [-0.3, -0.25) is 0 Å². The van der Waals surface area contributed by atoms with Crippen molar-refractivity contribution in [3.63, 3.8) is 0 Å². The summed E-state index contributed by atoms with van der Waals surface area (Å²) in [5.74, 6) is 1.76. The third kappa shape index (κ3) is 4.35. The summed E-state index contributed by atoms with van der Waals surface area (Å²) in [6.45, 7) is 4.74. The SMILES string of the molecule is CNC(C)c1c(OC)cccc1N(C)CCOCC1CC1. The van der Waals surface area contributed by atoms with Gasteiger partial charge in [0, 0.05) is 37.5 Å². The number of rotatable bonds is 9. The first-order chi connectivity index (χ1) is 10.2. The first kappa shape index (κ1) is 16.1. The van der Waals surface area contributed by atoms with Crippen molar-refractivity contribution in [3.05, 3.63) is 23.8 Å². The van der Waals surface area contributed by atoms with E-state index in [4.69, 9.17) is 9.47 Å². The maximum absolute atomic E-state index is 5.74. The summed E-state index contributed by atoms with van der Waals surface area (Å²) in [7, 11) is 5.81. The van der Waals surface area contributed by atoms with Crippen LogP contribution in [0.15, 0.2) is 18.2 Å². The standard InChI is InChI=1S/C17H28N2O2/c1-13(18-2)17-15(6-5-7-16(17)20-4)19(3)10-11-21-12-14-8-9-14/h5-7,13-14,18H,8-12H2,1-4H3. The minimum atomic E-state index is 0.242. The summed E-state index contributed by atoms with van der Waals surface area (Å²) in [5.41, 5.74) is 2.40. The number of methoxy groups -OCH3 is 1. The molecule has 1 unspecified atom stereocenters. The Morgan fingerprint density at radius 2 is 2.14 bits per heavy atom. The van der Waals surface area contributed by atoms with E-state index in [9.17, 15) is 0 Å². The van der Waals surface area contributed by atoms with Crippen LogP contribution in [0, 0.1) is 5.92 Å². The molecule has 1 aliphatic rings. The maximum atomic E-state index is 5.74. The molecule has 0 aromatic heterocycles. The molecule has 0 amide bonds. The highest BCUT2D eigenvalue weighted by Gasteiger charge is 2.21. The number of nitrogens with one attached hydrogen (secondary N) is 1. The van der Waals surface area contributed by atoms with Crippen LogP contribution >= 0.6 is 0 Å². The molecule has 1 N–H and O–H groups in total. The van der Waals surface area contributed by atoms with Crippen molar-refractivity contribution in [1.29, 1.82) is 0 Å². The Morgan fingerprint density at radius 3 is 2.76 bits per heavy atom. The molecule has 4 nitrogen and oxygen atoms in total. The van der Waals surface area contributed by atoms with E-state index in [0.29, 0.717) is 0 Å². The van der Waals surface area contributed by atoms with E-state index >= 15 is 0 Å². The molecule has 1 fully saturated rings. The van der Waals surface area contributed by atoms with Crippen LogP contribution in [-0.4, -0.2) is 41.0 Å². The fourth-order valence-electron chi connectivity index (χ4n) is 2.48. The van der Waals surface area contributed by atoms with Gasteiger partial charge in [0.05, 0.1) is 13.7 Å². The quantitative estimate of drug-likeness (QED) is 0.710. The van der Waals surface area contributed by atoms with Gasteiger partial charge in [0.25, 0.3) is 0 Å².